The van der Waals surface area contributed by atoms with E-state index in [1.54, 1.807) is 12.1 Å². The van der Waals surface area contributed by atoms with Crippen LogP contribution in [0.2, 0.25) is 0 Å². The lowest BCUT2D eigenvalue weighted by Crippen LogP contribution is -2.40. The second-order valence-electron chi connectivity index (χ2n) is 5.55. The molecule has 0 amide bonds. The van der Waals surface area contributed by atoms with Crippen LogP contribution in [0.3, 0.4) is 0 Å². The highest BCUT2D eigenvalue weighted by Crippen LogP contribution is 2.36. The minimum atomic E-state index is -4.00. The average Bonchev–Trinajstić information content (AvgIpc) is 2.64. The molecule has 2 aromatic carbocycles. The van der Waals surface area contributed by atoms with Crippen LogP contribution in [-0.2, 0) is 10.0 Å². The molecule has 0 fully saturated rings. The summed E-state index contributed by atoms with van der Waals surface area (Å²) in [6.07, 6.45) is 1.28. The number of aliphatic hydroxyl groups is 1. The van der Waals surface area contributed by atoms with Gasteiger partial charge in [-0.25, -0.2) is 8.42 Å². The number of aliphatic hydroxyl groups excluding tert-OH is 1. The maximum atomic E-state index is 12.9. The lowest BCUT2D eigenvalue weighted by Gasteiger charge is -2.30. The SMILES string of the molecule is COc1cccc(C=C2C(=O)c3ccccc3S(=O)(=O)N2CCO)c1O. The van der Waals surface area contributed by atoms with Crippen molar-refractivity contribution in [3.63, 3.8) is 0 Å². The Morgan fingerprint density at radius 2 is 1.88 bits per heavy atom. The molecule has 0 spiro atoms. The number of ether oxygens (including phenoxy) is 1. The molecule has 2 N–H and O–H groups in total. The van der Waals surface area contributed by atoms with Crippen molar-refractivity contribution in [2.24, 2.45) is 0 Å². The van der Waals surface area contributed by atoms with Crippen LogP contribution in [0.5, 0.6) is 11.5 Å². The number of ketones is 1. The molecule has 0 aliphatic carbocycles. The Kier molecular flexibility index (Phi) is 4.71. The smallest absolute Gasteiger partial charge is 0.265 e. The van der Waals surface area contributed by atoms with E-state index in [0.717, 1.165) is 4.31 Å². The van der Waals surface area contributed by atoms with Crippen LogP contribution in [0.25, 0.3) is 6.08 Å². The summed E-state index contributed by atoms with van der Waals surface area (Å²) in [7, 11) is -2.62. The number of hydrogen-bond acceptors (Lipinski definition) is 6. The van der Waals surface area contributed by atoms with Crippen LogP contribution >= 0.6 is 0 Å². The van der Waals surface area contributed by atoms with Gasteiger partial charge in [-0.1, -0.05) is 24.3 Å². The normalized spacial score (nSPS) is 17.2. The highest BCUT2D eigenvalue weighted by Gasteiger charge is 2.38. The average molecular weight is 375 g/mol. The van der Waals surface area contributed by atoms with E-state index in [-0.39, 0.29) is 39.8 Å². The molecule has 1 heterocycles. The van der Waals surface area contributed by atoms with Gasteiger partial charge in [-0.3, -0.25) is 9.10 Å². The molecule has 0 atom stereocenters. The van der Waals surface area contributed by atoms with E-state index in [2.05, 4.69) is 0 Å². The number of β-amino-alcohol motifs (C(OH)–C–C–N with tert-alkyl or cyclic N) is 1. The molecule has 0 unspecified atom stereocenters. The van der Waals surface area contributed by atoms with Crippen LogP contribution < -0.4 is 4.74 Å². The second-order valence-corrected chi connectivity index (χ2v) is 7.38. The Morgan fingerprint density at radius 3 is 2.58 bits per heavy atom. The van der Waals surface area contributed by atoms with Gasteiger partial charge >= 0.3 is 0 Å². The molecular weight excluding hydrogens is 358 g/mol. The van der Waals surface area contributed by atoms with E-state index >= 15 is 0 Å². The molecule has 136 valence electrons. The number of phenols is 1. The van der Waals surface area contributed by atoms with E-state index in [0.29, 0.717) is 0 Å². The zero-order valence-electron chi connectivity index (χ0n) is 13.9. The van der Waals surface area contributed by atoms with Gasteiger partial charge in [-0.15, -0.1) is 0 Å². The van der Waals surface area contributed by atoms with Gasteiger partial charge < -0.3 is 14.9 Å². The van der Waals surface area contributed by atoms with Gasteiger partial charge in [-0.05, 0) is 24.3 Å². The summed E-state index contributed by atoms with van der Waals surface area (Å²) in [5.74, 6) is -0.527. The van der Waals surface area contributed by atoms with Crippen molar-refractivity contribution in [2.75, 3.05) is 20.3 Å². The Balaban J connectivity index is 2.24. The van der Waals surface area contributed by atoms with E-state index in [1.165, 1.54) is 43.5 Å². The summed E-state index contributed by atoms with van der Waals surface area (Å²) in [6, 6.07) is 10.6. The molecular formula is C18H17NO6S. The first-order valence-corrected chi connectivity index (χ1v) is 9.20. The number of para-hydroxylation sites is 1. The molecule has 0 saturated heterocycles. The standard InChI is InChI=1S/C18H17NO6S/c1-25-15-7-4-5-12(17(15)21)11-14-18(22)13-6-2-3-8-16(13)26(23,24)19(14)9-10-20/h2-8,11,20-21H,9-10H2,1H3. The van der Waals surface area contributed by atoms with Crippen LogP contribution in [0.4, 0.5) is 0 Å². The first kappa shape index (κ1) is 18.0. The lowest BCUT2D eigenvalue weighted by molar-refractivity contribution is 0.0998. The number of benzene rings is 2. The van der Waals surface area contributed by atoms with Crippen LogP contribution in [0, 0.1) is 0 Å². The van der Waals surface area contributed by atoms with Gasteiger partial charge in [0.25, 0.3) is 10.0 Å². The van der Waals surface area contributed by atoms with Crippen LogP contribution in [-0.4, -0.2) is 49.0 Å². The third-order valence-electron chi connectivity index (χ3n) is 4.05. The topological polar surface area (TPSA) is 104 Å². The number of phenolic OH excluding ortho intramolecular Hbond substituents is 1. The number of nitrogens with zero attached hydrogens (tertiary/aromatic N) is 1. The van der Waals surface area contributed by atoms with Crippen molar-refractivity contribution >= 4 is 21.9 Å². The molecule has 7 nitrogen and oxygen atoms in total. The van der Waals surface area contributed by atoms with Gasteiger partial charge in [0.05, 0.1) is 25.2 Å². The molecule has 0 saturated carbocycles. The van der Waals surface area contributed by atoms with Crippen molar-refractivity contribution in [3.05, 3.63) is 59.3 Å². The van der Waals surface area contributed by atoms with Crippen molar-refractivity contribution < 1.29 is 28.2 Å². The Labute approximate surface area is 150 Å². The predicted molar refractivity (Wildman–Crippen MR) is 94.4 cm³/mol. The molecule has 2 aromatic rings. The number of rotatable bonds is 4. The fraction of sp³-hybridized carbons (Fsp3) is 0.167. The van der Waals surface area contributed by atoms with Gasteiger partial charge in [0.1, 0.15) is 5.70 Å². The summed E-state index contributed by atoms with van der Waals surface area (Å²) < 4.78 is 31.7. The number of hydrogen-bond donors (Lipinski definition) is 2. The fourth-order valence-corrected chi connectivity index (χ4v) is 4.46. The van der Waals surface area contributed by atoms with Crippen molar-refractivity contribution in [2.45, 2.75) is 4.90 Å². The third-order valence-corrected chi connectivity index (χ3v) is 5.92. The van der Waals surface area contributed by atoms with Gasteiger partial charge in [0, 0.05) is 11.1 Å². The molecule has 0 radical (unpaired) electrons. The molecule has 1 aliphatic heterocycles. The maximum absolute atomic E-state index is 12.9. The van der Waals surface area contributed by atoms with Crippen molar-refractivity contribution in [1.82, 2.24) is 4.31 Å². The summed E-state index contributed by atoms with van der Waals surface area (Å²) in [5, 5.41) is 19.5. The summed E-state index contributed by atoms with van der Waals surface area (Å²) in [6.45, 7) is -0.741. The number of sulfonamides is 1. The maximum Gasteiger partial charge on any atom is 0.265 e. The minimum absolute atomic E-state index is 0.0512. The number of aromatic hydroxyl groups is 1. The minimum Gasteiger partial charge on any atom is -0.504 e. The number of Topliss-reactive ketones (excluding diaryl/α,β-unsaturated/α-hetero) is 1. The zero-order chi connectivity index (χ0) is 18.9. The number of allylic oxidation sites excluding steroid dienone is 1. The molecule has 0 aromatic heterocycles. The number of carbonyl (C=O) groups is 1. The Hall–Kier alpha value is -2.84. The molecule has 26 heavy (non-hydrogen) atoms. The second kappa shape index (κ2) is 6.81. The summed E-state index contributed by atoms with van der Waals surface area (Å²) >= 11 is 0. The van der Waals surface area contributed by atoms with Crippen LogP contribution in [0.1, 0.15) is 15.9 Å². The quantitative estimate of drug-likeness (QED) is 0.787. The van der Waals surface area contributed by atoms with E-state index in [9.17, 15) is 23.4 Å². The number of carbonyl (C=O) groups excluding carboxylic acids is 1. The van der Waals surface area contributed by atoms with Crippen molar-refractivity contribution in [1.29, 1.82) is 0 Å². The fourth-order valence-electron chi connectivity index (χ4n) is 2.82. The summed E-state index contributed by atoms with van der Waals surface area (Å²) in [4.78, 5) is 12.8. The highest BCUT2D eigenvalue weighted by molar-refractivity contribution is 7.89. The Bertz CT molecular complexity index is 996. The third kappa shape index (κ3) is 2.83. The van der Waals surface area contributed by atoms with Gasteiger partial charge in [0.2, 0.25) is 5.78 Å². The highest BCUT2D eigenvalue weighted by atomic mass is 32.2. The predicted octanol–water partition coefficient (Wildman–Crippen LogP) is 1.62. The van der Waals surface area contributed by atoms with E-state index in [1.807, 2.05) is 0 Å². The monoisotopic (exact) mass is 375 g/mol. The first-order chi connectivity index (χ1) is 12.4. The largest absolute Gasteiger partial charge is 0.504 e. The lowest BCUT2D eigenvalue weighted by atomic mass is 10.0. The van der Waals surface area contributed by atoms with E-state index < -0.39 is 22.4 Å². The van der Waals surface area contributed by atoms with Gasteiger partial charge in [-0.2, -0.15) is 0 Å². The summed E-state index contributed by atoms with van der Waals surface area (Å²) in [5.41, 5.74) is 0.127. The number of methoxy groups -OCH3 is 1. The van der Waals surface area contributed by atoms with Gasteiger partial charge in [0.15, 0.2) is 11.5 Å². The molecule has 3 rings (SSSR count). The Morgan fingerprint density at radius 1 is 1.15 bits per heavy atom. The van der Waals surface area contributed by atoms with E-state index in [4.69, 9.17) is 4.74 Å². The van der Waals surface area contributed by atoms with Crippen LogP contribution in [0.15, 0.2) is 53.1 Å². The zero-order valence-corrected chi connectivity index (χ0v) is 14.7. The van der Waals surface area contributed by atoms with Crippen molar-refractivity contribution in [3.8, 4) is 11.5 Å². The number of fused-ring (bicyclic) bond motifs is 1. The first-order valence-electron chi connectivity index (χ1n) is 7.76. The molecule has 8 heteroatoms. The molecule has 1 aliphatic rings. The molecule has 0 bridgehead atoms.